The lowest BCUT2D eigenvalue weighted by atomic mass is 10.1. The van der Waals surface area contributed by atoms with Crippen LogP contribution in [-0.4, -0.2) is 18.7 Å². The van der Waals surface area contributed by atoms with Crippen molar-refractivity contribution in [1.82, 2.24) is 5.43 Å². The summed E-state index contributed by atoms with van der Waals surface area (Å²) in [5.74, 6) is 1.14. The second kappa shape index (κ2) is 10.7. The summed E-state index contributed by atoms with van der Waals surface area (Å²) in [7, 11) is 0. The van der Waals surface area contributed by atoms with Crippen molar-refractivity contribution in [2.75, 3.05) is 6.61 Å². The number of amides is 1. The molecule has 0 radical (unpaired) electrons. The second-order valence-electron chi connectivity index (χ2n) is 6.37. The number of ether oxygens (including phenoxy) is 2. The maximum Gasteiger partial charge on any atom is 0.244 e. The molecule has 0 saturated heterocycles. The number of nitrogens with zero attached hydrogens (tertiary/aromatic N) is 1. The van der Waals surface area contributed by atoms with Gasteiger partial charge in [0.15, 0.2) is 11.5 Å². The molecule has 0 aliphatic rings. The van der Waals surface area contributed by atoms with E-state index in [1.54, 1.807) is 6.21 Å². The minimum atomic E-state index is -0.166. The molecular weight excluding hydrogens is 364 g/mol. The average Bonchev–Trinajstić information content (AvgIpc) is 2.75. The van der Waals surface area contributed by atoms with E-state index in [9.17, 15) is 4.79 Å². The Hall–Kier alpha value is -3.60. The molecule has 0 atom stereocenters. The molecule has 29 heavy (non-hydrogen) atoms. The van der Waals surface area contributed by atoms with E-state index >= 15 is 0 Å². The molecule has 0 bridgehead atoms. The summed E-state index contributed by atoms with van der Waals surface area (Å²) in [4.78, 5) is 12.0. The van der Waals surface area contributed by atoms with Gasteiger partial charge in [0.2, 0.25) is 5.91 Å². The van der Waals surface area contributed by atoms with Crippen LogP contribution in [0.15, 0.2) is 84.0 Å². The molecule has 0 heterocycles. The number of carbonyl (C=O) groups is 1. The van der Waals surface area contributed by atoms with Gasteiger partial charge in [0.1, 0.15) is 6.61 Å². The van der Waals surface area contributed by atoms with Crippen LogP contribution >= 0.6 is 0 Å². The van der Waals surface area contributed by atoms with Gasteiger partial charge in [0, 0.05) is 0 Å². The van der Waals surface area contributed by atoms with Gasteiger partial charge in [-0.3, -0.25) is 4.79 Å². The summed E-state index contributed by atoms with van der Waals surface area (Å²) in [6.07, 6.45) is 1.88. The largest absolute Gasteiger partial charge is 0.490 e. The SMILES string of the molecule is CCOc1cc(/C=N\NC(=O)Cc2ccccc2)ccc1OCc1ccccc1. The average molecular weight is 388 g/mol. The zero-order valence-corrected chi connectivity index (χ0v) is 16.4. The molecular formula is C24H24N2O3. The zero-order valence-electron chi connectivity index (χ0n) is 16.4. The number of nitrogens with one attached hydrogen (secondary N) is 1. The van der Waals surface area contributed by atoms with Crippen LogP contribution in [0.4, 0.5) is 0 Å². The van der Waals surface area contributed by atoms with Gasteiger partial charge in [-0.05, 0) is 41.8 Å². The fourth-order valence-electron chi connectivity index (χ4n) is 2.73. The van der Waals surface area contributed by atoms with E-state index in [0.29, 0.717) is 24.7 Å². The van der Waals surface area contributed by atoms with Crippen molar-refractivity contribution in [3.05, 3.63) is 95.6 Å². The van der Waals surface area contributed by atoms with Crippen LogP contribution in [0.1, 0.15) is 23.6 Å². The molecule has 3 aromatic rings. The lowest BCUT2D eigenvalue weighted by molar-refractivity contribution is -0.120. The summed E-state index contributed by atoms with van der Waals surface area (Å²) in [5.41, 5.74) is 5.39. The Morgan fingerprint density at radius 1 is 0.897 bits per heavy atom. The smallest absolute Gasteiger partial charge is 0.244 e. The summed E-state index contributed by atoms with van der Waals surface area (Å²) < 4.78 is 11.6. The standard InChI is InChI=1S/C24H24N2O3/c1-2-28-23-15-21(13-14-22(23)29-18-20-11-7-4-8-12-20)17-25-26-24(27)16-19-9-5-3-6-10-19/h3-15,17H,2,16,18H2,1H3,(H,26,27)/b25-17-. The molecule has 0 fully saturated rings. The first kappa shape index (κ1) is 20.1. The summed E-state index contributed by atoms with van der Waals surface area (Å²) in [6, 6.07) is 25.1. The molecule has 1 N–H and O–H groups in total. The number of hydrazone groups is 1. The van der Waals surface area contributed by atoms with Crippen LogP contribution in [0.2, 0.25) is 0 Å². The van der Waals surface area contributed by atoms with E-state index in [1.165, 1.54) is 0 Å². The molecule has 3 rings (SSSR count). The molecule has 0 unspecified atom stereocenters. The van der Waals surface area contributed by atoms with E-state index in [0.717, 1.165) is 16.7 Å². The van der Waals surface area contributed by atoms with Gasteiger partial charge in [-0.1, -0.05) is 60.7 Å². The second-order valence-corrected chi connectivity index (χ2v) is 6.37. The molecule has 0 aromatic heterocycles. The van der Waals surface area contributed by atoms with Gasteiger partial charge >= 0.3 is 0 Å². The maximum atomic E-state index is 12.0. The summed E-state index contributed by atoms with van der Waals surface area (Å²) in [6.45, 7) is 2.91. The van der Waals surface area contributed by atoms with E-state index < -0.39 is 0 Å². The highest BCUT2D eigenvalue weighted by Gasteiger charge is 2.07. The monoisotopic (exact) mass is 388 g/mol. The third-order valence-corrected chi connectivity index (χ3v) is 4.12. The lowest BCUT2D eigenvalue weighted by Gasteiger charge is -2.12. The first-order chi connectivity index (χ1) is 14.2. The summed E-state index contributed by atoms with van der Waals surface area (Å²) >= 11 is 0. The molecule has 5 nitrogen and oxygen atoms in total. The third-order valence-electron chi connectivity index (χ3n) is 4.12. The highest BCUT2D eigenvalue weighted by Crippen LogP contribution is 2.28. The van der Waals surface area contributed by atoms with Gasteiger partial charge < -0.3 is 9.47 Å². The fraction of sp³-hybridized carbons (Fsp3) is 0.167. The molecule has 5 heteroatoms. The van der Waals surface area contributed by atoms with E-state index in [4.69, 9.17) is 9.47 Å². The minimum absolute atomic E-state index is 0.166. The predicted octanol–water partition coefficient (Wildman–Crippen LogP) is 4.36. The van der Waals surface area contributed by atoms with Crippen LogP contribution in [0.5, 0.6) is 11.5 Å². The quantitative estimate of drug-likeness (QED) is 0.438. The van der Waals surface area contributed by atoms with Crippen molar-refractivity contribution in [3.63, 3.8) is 0 Å². The predicted molar refractivity (Wildman–Crippen MR) is 114 cm³/mol. The van der Waals surface area contributed by atoms with Crippen molar-refractivity contribution < 1.29 is 14.3 Å². The van der Waals surface area contributed by atoms with Crippen molar-refractivity contribution in [3.8, 4) is 11.5 Å². The molecule has 1 amide bonds. The zero-order chi connectivity index (χ0) is 20.3. The Labute approximate surface area is 171 Å². The normalized spacial score (nSPS) is 10.7. The van der Waals surface area contributed by atoms with Crippen LogP contribution in [0.3, 0.4) is 0 Å². The Balaban J connectivity index is 1.59. The first-order valence-corrected chi connectivity index (χ1v) is 9.54. The topological polar surface area (TPSA) is 59.9 Å². The molecule has 0 spiro atoms. The fourth-order valence-corrected chi connectivity index (χ4v) is 2.73. The Bertz CT molecular complexity index is 941. The van der Waals surface area contributed by atoms with Crippen LogP contribution in [-0.2, 0) is 17.8 Å². The van der Waals surface area contributed by atoms with Crippen LogP contribution in [0, 0.1) is 0 Å². The highest BCUT2D eigenvalue weighted by atomic mass is 16.5. The highest BCUT2D eigenvalue weighted by molar-refractivity contribution is 5.84. The van der Waals surface area contributed by atoms with E-state index in [1.807, 2.05) is 85.8 Å². The first-order valence-electron chi connectivity index (χ1n) is 9.54. The van der Waals surface area contributed by atoms with Crippen molar-refractivity contribution in [2.45, 2.75) is 20.0 Å². The van der Waals surface area contributed by atoms with E-state index in [-0.39, 0.29) is 12.3 Å². The lowest BCUT2D eigenvalue weighted by Crippen LogP contribution is -2.19. The number of carbonyl (C=O) groups excluding carboxylic acids is 1. The van der Waals surface area contributed by atoms with E-state index in [2.05, 4.69) is 10.5 Å². The molecule has 0 saturated carbocycles. The van der Waals surface area contributed by atoms with Gasteiger partial charge in [0.05, 0.1) is 19.2 Å². The van der Waals surface area contributed by atoms with Crippen LogP contribution < -0.4 is 14.9 Å². The van der Waals surface area contributed by atoms with Crippen LogP contribution in [0.25, 0.3) is 0 Å². The number of benzene rings is 3. The molecule has 0 aliphatic carbocycles. The van der Waals surface area contributed by atoms with Gasteiger partial charge in [-0.15, -0.1) is 0 Å². The van der Waals surface area contributed by atoms with Crippen molar-refractivity contribution in [2.24, 2.45) is 5.10 Å². The van der Waals surface area contributed by atoms with Gasteiger partial charge in [0.25, 0.3) is 0 Å². The van der Waals surface area contributed by atoms with Crippen molar-refractivity contribution in [1.29, 1.82) is 0 Å². The molecule has 3 aromatic carbocycles. The summed E-state index contributed by atoms with van der Waals surface area (Å²) in [5, 5.41) is 4.04. The third kappa shape index (κ3) is 6.50. The number of rotatable bonds is 9. The number of hydrogen-bond acceptors (Lipinski definition) is 4. The van der Waals surface area contributed by atoms with Crippen molar-refractivity contribution >= 4 is 12.1 Å². The molecule has 148 valence electrons. The number of hydrogen-bond donors (Lipinski definition) is 1. The Morgan fingerprint density at radius 2 is 1.59 bits per heavy atom. The Kier molecular flexibility index (Phi) is 7.41. The van der Waals surface area contributed by atoms with Gasteiger partial charge in [-0.2, -0.15) is 5.10 Å². The molecule has 0 aliphatic heterocycles. The minimum Gasteiger partial charge on any atom is -0.490 e. The Morgan fingerprint density at radius 3 is 2.28 bits per heavy atom. The maximum absolute atomic E-state index is 12.0. The van der Waals surface area contributed by atoms with Gasteiger partial charge in [-0.25, -0.2) is 5.43 Å².